The number of fused-ring (bicyclic) bond motifs is 1. The van der Waals surface area contributed by atoms with E-state index >= 15 is 0 Å². The van der Waals surface area contributed by atoms with Crippen molar-refractivity contribution in [2.24, 2.45) is 5.73 Å². The average molecular weight is 505 g/mol. The van der Waals surface area contributed by atoms with E-state index in [0.29, 0.717) is 10.6 Å². The second kappa shape index (κ2) is 10.3. The van der Waals surface area contributed by atoms with Crippen LogP contribution in [0.3, 0.4) is 0 Å². The molecule has 0 aromatic heterocycles. The summed E-state index contributed by atoms with van der Waals surface area (Å²) in [6.45, 7) is 0.0126. The SMILES string of the molecule is N[C@H]1C[S@@](=O)c2cc(F)c(C(=O)CCCCC(F)(F)F)cc2N(Cc2ccc(Cl)cc2)C1=O. The fourth-order valence-corrected chi connectivity index (χ4v) is 4.89. The van der Waals surface area contributed by atoms with E-state index in [0.717, 1.165) is 12.1 Å². The third kappa shape index (κ3) is 6.39. The van der Waals surface area contributed by atoms with Gasteiger partial charge in [-0.25, -0.2) is 4.39 Å². The lowest BCUT2D eigenvalue weighted by Gasteiger charge is -2.25. The molecular formula is C22H21ClF4N2O3S. The average Bonchev–Trinajstić information content (AvgIpc) is 2.82. The van der Waals surface area contributed by atoms with Gasteiger partial charge in [-0.1, -0.05) is 23.7 Å². The molecule has 11 heteroatoms. The van der Waals surface area contributed by atoms with Crippen molar-refractivity contribution in [3.8, 4) is 0 Å². The molecule has 0 unspecified atom stereocenters. The first-order chi connectivity index (χ1) is 15.5. The number of nitrogens with zero attached hydrogens (tertiary/aromatic N) is 1. The minimum absolute atomic E-state index is 0.0126. The zero-order valence-electron chi connectivity index (χ0n) is 17.3. The number of unbranched alkanes of at least 4 members (excludes halogenated alkanes) is 1. The Morgan fingerprint density at radius 3 is 2.48 bits per heavy atom. The molecule has 2 N–H and O–H groups in total. The summed E-state index contributed by atoms with van der Waals surface area (Å²) >= 11 is 5.90. The summed E-state index contributed by atoms with van der Waals surface area (Å²) in [4.78, 5) is 26.8. The van der Waals surface area contributed by atoms with Crippen molar-refractivity contribution < 1.29 is 31.4 Å². The Hall–Kier alpha value is -2.30. The highest BCUT2D eigenvalue weighted by Gasteiger charge is 2.33. The highest BCUT2D eigenvalue weighted by atomic mass is 35.5. The summed E-state index contributed by atoms with van der Waals surface area (Å²) in [7, 11) is -1.80. The summed E-state index contributed by atoms with van der Waals surface area (Å²) in [6.07, 6.45) is -5.99. The maximum Gasteiger partial charge on any atom is 0.389 e. The first kappa shape index (κ1) is 25.3. The molecule has 178 valence electrons. The number of hydrogen-bond acceptors (Lipinski definition) is 4. The minimum atomic E-state index is -4.33. The summed E-state index contributed by atoms with van der Waals surface area (Å²) < 4.78 is 64.4. The lowest BCUT2D eigenvalue weighted by atomic mass is 10.0. The molecule has 0 radical (unpaired) electrons. The Labute approximate surface area is 195 Å². The van der Waals surface area contributed by atoms with Crippen molar-refractivity contribution in [3.05, 3.63) is 58.4 Å². The van der Waals surface area contributed by atoms with Crippen molar-refractivity contribution >= 4 is 39.8 Å². The monoisotopic (exact) mass is 504 g/mol. The van der Waals surface area contributed by atoms with E-state index in [1.54, 1.807) is 24.3 Å². The fraction of sp³-hybridized carbons (Fsp3) is 0.364. The number of carbonyl (C=O) groups is 2. The molecule has 1 aliphatic rings. The molecule has 3 rings (SSSR count). The number of hydrogen-bond donors (Lipinski definition) is 1. The zero-order valence-corrected chi connectivity index (χ0v) is 18.9. The number of benzene rings is 2. The van der Waals surface area contributed by atoms with Crippen molar-refractivity contribution in [3.63, 3.8) is 0 Å². The predicted molar refractivity (Wildman–Crippen MR) is 117 cm³/mol. The van der Waals surface area contributed by atoms with Gasteiger partial charge in [0.25, 0.3) is 0 Å². The third-order valence-corrected chi connectivity index (χ3v) is 6.90. The van der Waals surface area contributed by atoms with Gasteiger partial charge in [0.2, 0.25) is 5.91 Å². The van der Waals surface area contributed by atoms with Gasteiger partial charge in [-0.3, -0.25) is 13.8 Å². The molecule has 0 saturated heterocycles. The van der Waals surface area contributed by atoms with E-state index in [1.807, 2.05) is 0 Å². The Kier molecular flexibility index (Phi) is 7.92. The van der Waals surface area contributed by atoms with E-state index in [4.69, 9.17) is 17.3 Å². The molecule has 2 aromatic rings. The Bertz CT molecular complexity index is 1080. The summed E-state index contributed by atoms with van der Waals surface area (Å²) in [5.74, 6) is -2.41. The number of nitrogens with two attached hydrogens (primary N) is 1. The molecule has 1 aliphatic heterocycles. The van der Waals surface area contributed by atoms with Crippen molar-refractivity contribution in [1.29, 1.82) is 0 Å². The standard InChI is InChI=1S/C22H21ClF4N2O3S/c23-14-6-4-13(5-7-14)11-29-18-9-15(19(30)3-1-2-8-22(25,26)27)16(24)10-20(18)33(32)12-17(28)21(29)31/h4-7,9-10,17H,1-3,8,11-12,28H2/t17-,33+/m0/s1. The Balaban J connectivity index is 1.93. The van der Waals surface area contributed by atoms with Gasteiger partial charge in [-0.2, -0.15) is 13.2 Å². The third-order valence-electron chi connectivity index (χ3n) is 5.17. The van der Waals surface area contributed by atoms with Gasteiger partial charge < -0.3 is 10.6 Å². The molecule has 1 heterocycles. The minimum Gasteiger partial charge on any atom is -0.319 e. The number of carbonyl (C=O) groups excluding carboxylic acids is 2. The molecule has 0 spiro atoms. The quantitative estimate of drug-likeness (QED) is 0.335. The molecular weight excluding hydrogens is 484 g/mol. The van der Waals surface area contributed by atoms with Crippen LogP contribution in [0.15, 0.2) is 41.3 Å². The van der Waals surface area contributed by atoms with E-state index in [9.17, 15) is 31.4 Å². The molecule has 0 fully saturated rings. The maximum absolute atomic E-state index is 14.7. The van der Waals surface area contributed by atoms with Crippen molar-refractivity contribution in [2.45, 2.75) is 49.3 Å². The van der Waals surface area contributed by atoms with E-state index < -0.39 is 46.9 Å². The fourth-order valence-electron chi connectivity index (χ4n) is 3.47. The summed E-state index contributed by atoms with van der Waals surface area (Å²) in [5.41, 5.74) is 6.29. The first-order valence-electron chi connectivity index (χ1n) is 10.1. The molecule has 0 saturated carbocycles. The highest BCUT2D eigenvalue weighted by Crippen LogP contribution is 2.33. The number of ketones is 1. The van der Waals surface area contributed by atoms with Gasteiger partial charge in [-0.15, -0.1) is 0 Å². The van der Waals surface area contributed by atoms with Gasteiger partial charge in [-0.05, 0) is 42.7 Å². The molecule has 0 aliphatic carbocycles. The van der Waals surface area contributed by atoms with Crippen LogP contribution in [0.1, 0.15) is 41.6 Å². The molecule has 5 nitrogen and oxygen atoms in total. The number of halogens is 5. The number of alkyl halides is 3. The summed E-state index contributed by atoms with van der Waals surface area (Å²) in [5, 5.41) is 0.486. The second-order valence-electron chi connectivity index (χ2n) is 7.71. The lowest BCUT2D eigenvalue weighted by molar-refractivity contribution is -0.135. The summed E-state index contributed by atoms with van der Waals surface area (Å²) in [6, 6.07) is 7.58. The largest absolute Gasteiger partial charge is 0.389 e. The van der Waals surface area contributed by atoms with Crippen molar-refractivity contribution in [1.82, 2.24) is 0 Å². The maximum atomic E-state index is 14.7. The van der Waals surface area contributed by atoms with Crippen LogP contribution < -0.4 is 10.6 Å². The van der Waals surface area contributed by atoms with E-state index in [2.05, 4.69) is 0 Å². The van der Waals surface area contributed by atoms with E-state index in [-0.39, 0.29) is 47.7 Å². The van der Waals surface area contributed by atoms with Gasteiger partial charge in [0.15, 0.2) is 5.78 Å². The molecule has 33 heavy (non-hydrogen) atoms. The van der Waals surface area contributed by atoms with Crippen LogP contribution in [-0.4, -0.2) is 33.9 Å². The first-order valence-corrected chi connectivity index (χ1v) is 11.8. The van der Waals surface area contributed by atoms with Crippen molar-refractivity contribution in [2.75, 3.05) is 10.7 Å². The van der Waals surface area contributed by atoms with Crippen LogP contribution in [-0.2, 0) is 22.1 Å². The van der Waals surface area contributed by atoms with Crippen LogP contribution in [0.4, 0.5) is 23.2 Å². The molecule has 2 aromatic carbocycles. The van der Waals surface area contributed by atoms with Crippen LogP contribution >= 0.6 is 11.6 Å². The predicted octanol–water partition coefficient (Wildman–Crippen LogP) is 4.77. The number of rotatable bonds is 7. The van der Waals surface area contributed by atoms with Gasteiger partial charge in [0.1, 0.15) is 5.82 Å². The number of Topliss-reactive ketones (excluding diaryl/α,β-unsaturated/α-hetero) is 1. The highest BCUT2D eigenvalue weighted by molar-refractivity contribution is 7.85. The Morgan fingerprint density at radius 1 is 1.18 bits per heavy atom. The molecule has 0 bridgehead atoms. The smallest absolute Gasteiger partial charge is 0.319 e. The zero-order chi connectivity index (χ0) is 24.3. The van der Waals surface area contributed by atoms with Crippen LogP contribution in [0.25, 0.3) is 0 Å². The van der Waals surface area contributed by atoms with E-state index in [1.165, 1.54) is 4.90 Å². The number of amides is 1. The molecule has 1 amide bonds. The van der Waals surface area contributed by atoms with Crippen LogP contribution in [0, 0.1) is 5.82 Å². The lowest BCUT2D eigenvalue weighted by Crippen LogP contribution is -2.44. The van der Waals surface area contributed by atoms with Gasteiger partial charge >= 0.3 is 6.18 Å². The topological polar surface area (TPSA) is 80.5 Å². The normalized spacial score (nSPS) is 18.7. The molecule has 2 atom stereocenters. The second-order valence-corrected chi connectivity index (χ2v) is 9.62. The van der Waals surface area contributed by atoms with Gasteiger partial charge in [0, 0.05) is 17.9 Å². The van der Waals surface area contributed by atoms with Crippen LogP contribution in [0.5, 0.6) is 0 Å². The number of anilines is 1. The van der Waals surface area contributed by atoms with Gasteiger partial charge in [0.05, 0.1) is 45.3 Å². The van der Waals surface area contributed by atoms with Crippen LogP contribution in [0.2, 0.25) is 5.02 Å². The Morgan fingerprint density at radius 2 is 1.85 bits per heavy atom.